The minimum Gasteiger partial charge on any atom is -0.445 e. The molecule has 0 aliphatic carbocycles. The van der Waals surface area contributed by atoms with Crippen molar-refractivity contribution in [3.63, 3.8) is 0 Å². The molecule has 164 valence electrons. The summed E-state index contributed by atoms with van der Waals surface area (Å²) < 4.78 is 60.5. The molecule has 0 saturated carbocycles. The zero-order valence-corrected chi connectivity index (χ0v) is 17.2. The van der Waals surface area contributed by atoms with Crippen LogP contribution in [0.1, 0.15) is 5.56 Å². The Bertz CT molecular complexity index is 1070. The number of hydrogen-bond donors (Lipinski definition) is 0. The molecule has 2 aromatic carbocycles. The van der Waals surface area contributed by atoms with E-state index in [9.17, 15) is 22.0 Å². The highest BCUT2D eigenvalue weighted by atomic mass is 32.2. The minimum absolute atomic E-state index is 0.0119. The van der Waals surface area contributed by atoms with Gasteiger partial charge in [-0.25, -0.2) is 13.2 Å². The van der Waals surface area contributed by atoms with Crippen LogP contribution in [0.5, 0.6) is 5.75 Å². The summed E-state index contributed by atoms with van der Waals surface area (Å²) in [6.45, 7) is -1.41. The lowest BCUT2D eigenvalue weighted by Gasteiger charge is -2.41. The molecule has 2 saturated heterocycles. The lowest BCUT2D eigenvalue weighted by atomic mass is 9.97. The summed E-state index contributed by atoms with van der Waals surface area (Å²) in [7, 11) is -3.72. The Morgan fingerprint density at radius 2 is 1.55 bits per heavy atom. The summed E-state index contributed by atoms with van der Waals surface area (Å²) in [4.78, 5) is 13.7. The monoisotopic (exact) mass is 450 g/mol. The molecule has 0 radical (unpaired) electrons. The summed E-state index contributed by atoms with van der Waals surface area (Å²) >= 11 is 0. The molecular weight excluding hydrogens is 430 g/mol. The predicted molar refractivity (Wildman–Crippen MR) is 107 cm³/mol. The van der Waals surface area contributed by atoms with Crippen LogP contribution in [-0.4, -0.2) is 56.5 Å². The third-order valence-electron chi connectivity index (χ3n) is 5.15. The maximum Gasteiger partial charge on any atom is 0.410 e. The minimum atomic E-state index is -3.72. The highest BCUT2D eigenvalue weighted by Gasteiger charge is 2.38. The van der Waals surface area contributed by atoms with Crippen molar-refractivity contribution in [1.29, 1.82) is 0 Å². The molecule has 0 atom stereocenters. The Labute approximate surface area is 178 Å². The van der Waals surface area contributed by atoms with E-state index in [-0.39, 0.29) is 30.3 Å². The van der Waals surface area contributed by atoms with Crippen LogP contribution >= 0.6 is 0 Å². The molecule has 31 heavy (non-hydrogen) atoms. The van der Waals surface area contributed by atoms with E-state index in [4.69, 9.17) is 4.74 Å². The van der Waals surface area contributed by atoms with Crippen LogP contribution < -0.4 is 4.74 Å². The lowest BCUT2D eigenvalue weighted by Crippen LogP contribution is -2.51. The average molecular weight is 450 g/mol. The molecule has 0 aromatic heterocycles. The molecule has 2 aliphatic rings. The third kappa shape index (κ3) is 4.70. The van der Waals surface area contributed by atoms with E-state index >= 15 is 0 Å². The Kier molecular flexibility index (Phi) is 5.92. The van der Waals surface area contributed by atoms with Crippen molar-refractivity contribution in [3.05, 3.63) is 71.3 Å². The number of sulfonamides is 1. The van der Waals surface area contributed by atoms with Crippen LogP contribution in [0.2, 0.25) is 0 Å². The van der Waals surface area contributed by atoms with E-state index in [2.05, 4.69) is 4.74 Å². The van der Waals surface area contributed by atoms with Gasteiger partial charge in [-0.3, -0.25) is 0 Å². The molecule has 0 N–H and O–H groups in total. The second-order valence-corrected chi connectivity index (χ2v) is 9.16. The highest BCUT2D eigenvalue weighted by Crippen LogP contribution is 2.31. The van der Waals surface area contributed by atoms with Gasteiger partial charge in [-0.1, -0.05) is 30.3 Å². The van der Waals surface area contributed by atoms with Crippen molar-refractivity contribution in [2.45, 2.75) is 18.1 Å². The number of alkyl halides is 2. The largest absolute Gasteiger partial charge is 0.445 e. The Hall–Kier alpha value is -2.98. The predicted octanol–water partition coefficient (Wildman–Crippen LogP) is 3.24. The van der Waals surface area contributed by atoms with Gasteiger partial charge in [0.25, 0.3) is 0 Å². The van der Waals surface area contributed by atoms with E-state index < -0.39 is 22.7 Å². The number of halogens is 2. The van der Waals surface area contributed by atoms with E-state index in [1.807, 2.05) is 30.3 Å². The molecule has 0 spiro atoms. The van der Waals surface area contributed by atoms with Gasteiger partial charge in [0.2, 0.25) is 10.0 Å². The number of benzene rings is 2. The first-order chi connectivity index (χ1) is 14.8. The summed E-state index contributed by atoms with van der Waals surface area (Å²) in [5.74, 6) is -0.103. The number of amides is 1. The van der Waals surface area contributed by atoms with Gasteiger partial charge >= 0.3 is 12.7 Å². The smallest absolute Gasteiger partial charge is 0.410 e. The number of hydrogen-bond acceptors (Lipinski definition) is 5. The molecular formula is C21H20F2N2O5S. The van der Waals surface area contributed by atoms with Crippen molar-refractivity contribution >= 4 is 16.1 Å². The molecule has 10 heteroatoms. The summed E-state index contributed by atoms with van der Waals surface area (Å²) in [6, 6.07) is 14.3. The maximum absolute atomic E-state index is 12.6. The normalized spacial score (nSPS) is 16.7. The SMILES string of the molecule is O=C(OCc1ccccc1)N1CC(=C2CN(S(=O)(=O)c3ccc(OC(F)F)cc3)C2)C1. The molecule has 2 aliphatic heterocycles. The molecule has 0 bridgehead atoms. The number of carbonyl (C=O) groups is 1. The first-order valence-corrected chi connectivity index (χ1v) is 11.0. The fourth-order valence-corrected chi connectivity index (χ4v) is 4.72. The molecule has 2 heterocycles. The molecule has 2 fully saturated rings. The standard InChI is InChI=1S/C21H20F2N2O5S/c22-20(23)30-18-6-8-19(9-7-18)31(27,28)25-12-17(13-25)16-10-24(11-16)21(26)29-14-15-4-2-1-3-5-15/h1-9,20H,10-14H2. The van der Waals surface area contributed by atoms with Gasteiger partial charge in [0.15, 0.2) is 0 Å². The number of carbonyl (C=O) groups excluding carboxylic acids is 1. The zero-order valence-electron chi connectivity index (χ0n) is 16.4. The van der Waals surface area contributed by atoms with E-state index in [1.54, 1.807) is 4.90 Å². The quantitative estimate of drug-likeness (QED) is 0.632. The Morgan fingerprint density at radius 3 is 2.16 bits per heavy atom. The number of ether oxygens (including phenoxy) is 2. The van der Waals surface area contributed by atoms with Gasteiger partial charge in [-0.15, -0.1) is 0 Å². The summed E-state index contributed by atoms with van der Waals surface area (Å²) in [5.41, 5.74) is 2.92. The third-order valence-corrected chi connectivity index (χ3v) is 6.95. The molecule has 0 unspecified atom stereocenters. The first-order valence-electron chi connectivity index (χ1n) is 9.53. The molecule has 1 amide bonds. The molecule has 7 nitrogen and oxygen atoms in total. The van der Waals surface area contributed by atoms with Gasteiger partial charge in [0, 0.05) is 26.2 Å². The van der Waals surface area contributed by atoms with E-state index in [1.165, 1.54) is 28.6 Å². The molecule has 2 aromatic rings. The van der Waals surface area contributed by atoms with E-state index in [0.29, 0.717) is 13.1 Å². The van der Waals surface area contributed by atoms with Crippen LogP contribution in [0.4, 0.5) is 13.6 Å². The van der Waals surface area contributed by atoms with Gasteiger partial charge < -0.3 is 14.4 Å². The fraction of sp³-hybridized carbons (Fsp3) is 0.286. The van der Waals surface area contributed by atoms with Gasteiger partial charge in [-0.05, 0) is 41.0 Å². The molecule has 4 rings (SSSR count). The van der Waals surface area contributed by atoms with Gasteiger partial charge in [0.1, 0.15) is 12.4 Å². The van der Waals surface area contributed by atoms with Crippen molar-refractivity contribution in [3.8, 4) is 5.75 Å². The van der Waals surface area contributed by atoms with Crippen LogP contribution in [0.3, 0.4) is 0 Å². The highest BCUT2D eigenvalue weighted by molar-refractivity contribution is 7.89. The van der Waals surface area contributed by atoms with Gasteiger partial charge in [0.05, 0.1) is 4.90 Å². The average Bonchev–Trinajstić information content (AvgIpc) is 2.67. The van der Waals surface area contributed by atoms with Crippen molar-refractivity contribution in [2.24, 2.45) is 0 Å². The topological polar surface area (TPSA) is 76.2 Å². The second-order valence-electron chi connectivity index (χ2n) is 7.23. The summed E-state index contributed by atoms with van der Waals surface area (Å²) in [6.07, 6.45) is -0.400. The van der Waals surface area contributed by atoms with Crippen molar-refractivity contribution < 1.29 is 31.5 Å². The van der Waals surface area contributed by atoms with Crippen LogP contribution in [0.15, 0.2) is 70.6 Å². The van der Waals surface area contributed by atoms with E-state index in [0.717, 1.165) is 16.7 Å². The van der Waals surface area contributed by atoms with Crippen molar-refractivity contribution in [2.75, 3.05) is 26.2 Å². The summed E-state index contributed by atoms with van der Waals surface area (Å²) in [5, 5.41) is 0. The fourth-order valence-electron chi connectivity index (χ4n) is 3.29. The zero-order chi connectivity index (χ0) is 22.0. The Morgan fingerprint density at radius 1 is 0.935 bits per heavy atom. The van der Waals surface area contributed by atoms with Crippen LogP contribution in [0, 0.1) is 0 Å². The van der Waals surface area contributed by atoms with Gasteiger partial charge in [-0.2, -0.15) is 13.1 Å². The number of rotatable bonds is 6. The van der Waals surface area contributed by atoms with Crippen LogP contribution in [0.25, 0.3) is 0 Å². The lowest BCUT2D eigenvalue weighted by molar-refractivity contribution is -0.0498. The second kappa shape index (κ2) is 8.64. The first kappa shape index (κ1) is 21.3. The number of likely N-dealkylation sites (tertiary alicyclic amines) is 1. The number of nitrogens with zero attached hydrogens (tertiary/aromatic N) is 2. The van der Waals surface area contributed by atoms with Crippen molar-refractivity contribution in [1.82, 2.24) is 9.21 Å². The Balaban J connectivity index is 1.27. The van der Waals surface area contributed by atoms with Crippen LogP contribution in [-0.2, 0) is 21.4 Å². The maximum atomic E-state index is 12.6.